The van der Waals surface area contributed by atoms with Crippen LogP contribution in [-0.4, -0.2) is 40.5 Å². The van der Waals surface area contributed by atoms with Gasteiger partial charge in [0.25, 0.3) is 11.5 Å². The van der Waals surface area contributed by atoms with Gasteiger partial charge in [0.1, 0.15) is 10.6 Å². The molecule has 1 aromatic carbocycles. The third-order valence-electron chi connectivity index (χ3n) is 6.06. The maximum atomic E-state index is 13.1. The molecule has 2 bridgehead atoms. The second-order valence-corrected chi connectivity index (χ2v) is 9.07. The zero-order valence-electron chi connectivity index (χ0n) is 16.9. The van der Waals surface area contributed by atoms with Crippen molar-refractivity contribution >= 4 is 17.2 Å². The van der Waals surface area contributed by atoms with Crippen molar-refractivity contribution in [2.75, 3.05) is 20.1 Å². The fourth-order valence-electron chi connectivity index (χ4n) is 4.57. The van der Waals surface area contributed by atoms with E-state index in [1.54, 1.807) is 29.4 Å². The van der Waals surface area contributed by atoms with Crippen molar-refractivity contribution in [3.8, 4) is 10.6 Å². The minimum atomic E-state index is -0.251. The molecule has 1 amide bonds. The van der Waals surface area contributed by atoms with Crippen LogP contribution in [0.3, 0.4) is 0 Å². The summed E-state index contributed by atoms with van der Waals surface area (Å²) in [6, 6.07) is 13.7. The van der Waals surface area contributed by atoms with E-state index in [1.165, 1.54) is 0 Å². The van der Waals surface area contributed by atoms with E-state index in [4.69, 9.17) is 0 Å². The standard InChI is InChI=1S/C23H24N4O2S/c1-26(13-18-14-30-21(25-18)16-5-3-2-4-6-16)22(28)19-7-8-20-17-9-15(10-24-11-17)12-27(20)23(19)29/h2-8,14-15,17,24H,9-13H2,1H3/t15-,17+/m0/s1. The number of thiazole rings is 1. The molecule has 7 heteroatoms. The van der Waals surface area contributed by atoms with Gasteiger partial charge in [0.2, 0.25) is 0 Å². The van der Waals surface area contributed by atoms with Crippen LogP contribution in [0.4, 0.5) is 0 Å². The SMILES string of the molecule is CN(Cc1csc(-c2ccccc2)n1)C(=O)c1ccc2n(c1=O)C[C@@H]1CNC[C@H]2C1. The molecule has 5 rings (SSSR count). The first-order valence-electron chi connectivity index (χ1n) is 10.3. The Labute approximate surface area is 179 Å². The summed E-state index contributed by atoms with van der Waals surface area (Å²) in [7, 11) is 1.73. The maximum absolute atomic E-state index is 13.1. The number of fused-ring (bicyclic) bond motifs is 4. The number of benzene rings is 1. The molecular weight excluding hydrogens is 396 g/mol. The van der Waals surface area contributed by atoms with Crippen LogP contribution in [0, 0.1) is 5.92 Å². The summed E-state index contributed by atoms with van der Waals surface area (Å²) in [5.74, 6) is 0.570. The monoisotopic (exact) mass is 420 g/mol. The number of carbonyl (C=O) groups is 1. The van der Waals surface area contributed by atoms with Crippen LogP contribution in [0.15, 0.2) is 52.6 Å². The number of hydrogen-bond donors (Lipinski definition) is 1. The Balaban J connectivity index is 1.36. The van der Waals surface area contributed by atoms with Gasteiger partial charge in [-0.2, -0.15) is 0 Å². The van der Waals surface area contributed by atoms with Gasteiger partial charge in [-0.1, -0.05) is 30.3 Å². The molecule has 0 radical (unpaired) electrons. The van der Waals surface area contributed by atoms with Crippen LogP contribution in [0.25, 0.3) is 10.6 Å². The Morgan fingerprint density at radius 1 is 1.23 bits per heavy atom. The number of nitrogens with one attached hydrogen (secondary N) is 1. The normalized spacial score (nSPS) is 19.9. The first kappa shape index (κ1) is 19.2. The molecule has 2 aliphatic rings. The fourth-order valence-corrected chi connectivity index (χ4v) is 5.38. The number of pyridine rings is 1. The highest BCUT2D eigenvalue weighted by Crippen LogP contribution is 2.31. The number of carbonyl (C=O) groups excluding carboxylic acids is 1. The highest BCUT2D eigenvalue weighted by molar-refractivity contribution is 7.13. The number of nitrogens with zero attached hydrogens (tertiary/aromatic N) is 3. The minimum absolute atomic E-state index is 0.163. The summed E-state index contributed by atoms with van der Waals surface area (Å²) < 4.78 is 1.83. The molecule has 0 unspecified atom stereocenters. The topological polar surface area (TPSA) is 67.2 Å². The van der Waals surface area contributed by atoms with Gasteiger partial charge in [-0.25, -0.2) is 4.98 Å². The molecule has 30 heavy (non-hydrogen) atoms. The van der Waals surface area contributed by atoms with Gasteiger partial charge in [-0.3, -0.25) is 9.59 Å². The highest BCUT2D eigenvalue weighted by atomic mass is 32.1. The van der Waals surface area contributed by atoms with E-state index in [0.717, 1.165) is 41.5 Å². The molecule has 2 aliphatic heterocycles. The largest absolute Gasteiger partial charge is 0.336 e. The molecule has 6 nitrogen and oxygen atoms in total. The molecule has 0 saturated carbocycles. The molecule has 1 fully saturated rings. The van der Waals surface area contributed by atoms with Gasteiger partial charge in [0.05, 0.1) is 12.2 Å². The fraction of sp³-hybridized carbons (Fsp3) is 0.348. The number of amides is 1. The first-order valence-corrected chi connectivity index (χ1v) is 11.2. The lowest BCUT2D eigenvalue weighted by Gasteiger charge is -2.37. The van der Waals surface area contributed by atoms with Gasteiger partial charge < -0.3 is 14.8 Å². The smallest absolute Gasteiger partial charge is 0.263 e. The van der Waals surface area contributed by atoms with Crippen molar-refractivity contribution in [3.05, 3.63) is 75.1 Å². The Morgan fingerprint density at radius 3 is 2.90 bits per heavy atom. The lowest BCUT2D eigenvalue weighted by molar-refractivity contribution is 0.0780. The van der Waals surface area contributed by atoms with E-state index in [1.807, 2.05) is 46.3 Å². The molecule has 0 aliphatic carbocycles. The van der Waals surface area contributed by atoms with Gasteiger partial charge in [-0.05, 0) is 31.0 Å². The number of rotatable bonds is 4. The van der Waals surface area contributed by atoms with E-state index < -0.39 is 0 Å². The molecule has 2 aromatic heterocycles. The van der Waals surface area contributed by atoms with Crippen LogP contribution in [0.2, 0.25) is 0 Å². The number of aromatic nitrogens is 2. The van der Waals surface area contributed by atoms with E-state index >= 15 is 0 Å². The van der Waals surface area contributed by atoms with Crippen molar-refractivity contribution in [1.29, 1.82) is 0 Å². The second-order valence-electron chi connectivity index (χ2n) is 8.22. The molecular formula is C23H24N4O2S. The lowest BCUT2D eigenvalue weighted by atomic mass is 9.84. The number of hydrogen-bond acceptors (Lipinski definition) is 5. The van der Waals surface area contributed by atoms with Crippen LogP contribution in [0.5, 0.6) is 0 Å². The summed E-state index contributed by atoms with van der Waals surface area (Å²) in [6.45, 7) is 2.90. The van der Waals surface area contributed by atoms with E-state index in [-0.39, 0.29) is 17.0 Å². The van der Waals surface area contributed by atoms with Crippen LogP contribution < -0.4 is 10.9 Å². The van der Waals surface area contributed by atoms with E-state index in [0.29, 0.717) is 24.9 Å². The van der Waals surface area contributed by atoms with E-state index in [9.17, 15) is 9.59 Å². The first-order chi connectivity index (χ1) is 14.6. The van der Waals surface area contributed by atoms with Gasteiger partial charge in [-0.15, -0.1) is 11.3 Å². The molecule has 2 atom stereocenters. The molecule has 4 heterocycles. The van der Waals surface area contributed by atoms with Crippen molar-refractivity contribution in [2.24, 2.45) is 5.92 Å². The average Bonchev–Trinajstić information content (AvgIpc) is 3.23. The predicted octanol–water partition coefficient (Wildman–Crippen LogP) is 2.95. The van der Waals surface area contributed by atoms with Crippen LogP contribution >= 0.6 is 11.3 Å². The third kappa shape index (κ3) is 3.48. The van der Waals surface area contributed by atoms with Crippen LogP contribution in [-0.2, 0) is 13.1 Å². The second kappa shape index (κ2) is 7.81. The van der Waals surface area contributed by atoms with E-state index in [2.05, 4.69) is 10.3 Å². The van der Waals surface area contributed by atoms with Crippen LogP contribution in [0.1, 0.15) is 34.1 Å². The maximum Gasteiger partial charge on any atom is 0.263 e. The molecule has 1 saturated heterocycles. The number of piperidine rings is 1. The Morgan fingerprint density at radius 2 is 2.07 bits per heavy atom. The average molecular weight is 421 g/mol. The molecule has 1 N–H and O–H groups in total. The van der Waals surface area contributed by atoms with Gasteiger partial charge >= 0.3 is 0 Å². The summed E-state index contributed by atoms with van der Waals surface area (Å²) >= 11 is 1.56. The minimum Gasteiger partial charge on any atom is -0.336 e. The molecule has 154 valence electrons. The zero-order chi connectivity index (χ0) is 20.7. The Hall–Kier alpha value is -2.77. The van der Waals surface area contributed by atoms with Crippen molar-refractivity contribution in [3.63, 3.8) is 0 Å². The summed E-state index contributed by atoms with van der Waals surface area (Å²) in [5, 5.41) is 6.35. The van der Waals surface area contributed by atoms with Crippen molar-refractivity contribution in [2.45, 2.75) is 25.4 Å². The summed E-state index contributed by atoms with van der Waals surface area (Å²) in [4.78, 5) is 32.4. The van der Waals surface area contributed by atoms with Gasteiger partial charge in [0, 0.05) is 42.7 Å². The Bertz CT molecular complexity index is 1140. The zero-order valence-corrected chi connectivity index (χ0v) is 17.7. The molecule has 0 spiro atoms. The summed E-state index contributed by atoms with van der Waals surface area (Å²) in [5.41, 5.74) is 3.02. The predicted molar refractivity (Wildman–Crippen MR) is 118 cm³/mol. The van der Waals surface area contributed by atoms with Crippen molar-refractivity contribution < 1.29 is 4.79 Å². The quantitative estimate of drug-likeness (QED) is 0.705. The molecule has 3 aromatic rings. The summed E-state index contributed by atoms with van der Waals surface area (Å²) in [6.07, 6.45) is 1.12. The lowest BCUT2D eigenvalue weighted by Crippen LogP contribution is -2.46. The third-order valence-corrected chi connectivity index (χ3v) is 7.00. The highest BCUT2D eigenvalue weighted by Gasteiger charge is 2.32. The van der Waals surface area contributed by atoms with Gasteiger partial charge in [0.15, 0.2) is 0 Å². The Kier molecular flexibility index (Phi) is 5.00. The van der Waals surface area contributed by atoms with Crippen molar-refractivity contribution in [1.82, 2.24) is 19.8 Å².